The lowest BCUT2D eigenvalue weighted by molar-refractivity contribution is 0.0906. The van der Waals surface area contributed by atoms with Gasteiger partial charge in [0.2, 0.25) is 0 Å². The number of hydrogen-bond donors (Lipinski definition) is 0. The third kappa shape index (κ3) is 1.36. The summed E-state index contributed by atoms with van der Waals surface area (Å²) in [7, 11) is 0. The van der Waals surface area contributed by atoms with Crippen LogP contribution in [-0.2, 0) is 6.42 Å². The van der Waals surface area contributed by atoms with Gasteiger partial charge in [-0.2, -0.15) is 0 Å². The van der Waals surface area contributed by atoms with Crippen molar-refractivity contribution in [3.63, 3.8) is 0 Å². The lowest BCUT2D eigenvalue weighted by atomic mass is 9.92. The van der Waals surface area contributed by atoms with E-state index in [1.54, 1.807) is 6.07 Å². The standard InChI is InChI=1S/C12H13ClO/c1-7(2)9-6-8-4-3-5-10(13)11(8)12(9)14/h3-5,7,9H,6H2,1-2H3. The van der Waals surface area contributed by atoms with Gasteiger partial charge in [-0.05, 0) is 24.0 Å². The first kappa shape index (κ1) is 9.72. The van der Waals surface area contributed by atoms with Crippen molar-refractivity contribution in [3.8, 4) is 0 Å². The zero-order chi connectivity index (χ0) is 10.3. The molecule has 2 heteroatoms. The molecule has 0 N–H and O–H groups in total. The van der Waals surface area contributed by atoms with E-state index in [0.717, 1.165) is 17.5 Å². The minimum absolute atomic E-state index is 0.130. The molecular formula is C12H13ClO. The molecule has 2 rings (SSSR count). The smallest absolute Gasteiger partial charge is 0.168 e. The van der Waals surface area contributed by atoms with Crippen LogP contribution in [0.3, 0.4) is 0 Å². The predicted molar refractivity (Wildman–Crippen MR) is 57.8 cm³/mol. The molecule has 1 aromatic carbocycles. The van der Waals surface area contributed by atoms with Crippen LogP contribution in [-0.4, -0.2) is 5.78 Å². The van der Waals surface area contributed by atoms with E-state index in [-0.39, 0.29) is 11.7 Å². The van der Waals surface area contributed by atoms with E-state index < -0.39 is 0 Å². The SMILES string of the molecule is CC(C)C1Cc2cccc(Cl)c2C1=O. The molecule has 0 saturated carbocycles. The first-order chi connectivity index (χ1) is 6.61. The molecule has 0 radical (unpaired) electrons. The number of hydrogen-bond acceptors (Lipinski definition) is 1. The van der Waals surface area contributed by atoms with Gasteiger partial charge in [0, 0.05) is 11.5 Å². The fourth-order valence-electron chi connectivity index (χ4n) is 2.07. The van der Waals surface area contributed by atoms with Crippen LogP contribution < -0.4 is 0 Å². The zero-order valence-electron chi connectivity index (χ0n) is 8.38. The normalized spacial score (nSPS) is 20.3. The summed E-state index contributed by atoms with van der Waals surface area (Å²) in [5, 5.41) is 0.607. The van der Waals surface area contributed by atoms with E-state index >= 15 is 0 Å². The average molecular weight is 209 g/mol. The summed E-state index contributed by atoms with van der Waals surface area (Å²) >= 11 is 6.01. The highest BCUT2D eigenvalue weighted by atomic mass is 35.5. The molecule has 0 fully saturated rings. The lowest BCUT2D eigenvalue weighted by Gasteiger charge is -2.11. The van der Waals surface area contributed by atoms with Gasteiger partial charge >= 0.3 is 0 Å². The first-order valence-corrected chi connectivity index (χ1v) is 5.30. The molecule has 0 saturated heterocycles. The fraction of sp³-hybridized carbons (Fsp3) is 0.417. The molecule has 0 amide bonds. The number of carbonyl (C=O) groups is 1. The van der Waals surface area contributed by atoms with Gasteiger partial charge in [0.15, 0.2) is 5.78 Å². The predicted octanol–water partition coefficient (Wildman–Crippen LogP) is 3.35. The molecule has 0 heterocycles. The molecular weight excluding hydrogens is 196 g/mol. The Hall–Kier alpha value is -0.820. The highest BCUT2D eigenvalue weighted by Crippen LogP contribution is 2.35. The number of rotatable bonds is 1. The van der Waals surface area contributed by atoms with Crippen molar-refractivity contribution in [3.05, 3.63) is 34.3 Å². The molecule has 1 atom stereocenters. The average Bonchev–Trinajstić information content (AvgIpc) is 2.45. The number of ketones is 1. The summed E-state index contributed by atoms with van der Waals surface area (Å²) in [6.07, 6.45) is 0.854. The van der Waals surface area contributed by atoms with Crippen LogP contribution in [0, 0.1) is 11.8 Å². The van der Waals surface area contributed by atoms with E-state index in [0.29, 0.717) is 10.9 Å². The summed E-state index contributed by atoms with van der Waals surface area (Å²) in [5.41, 5.74) is 1.87. The molecule has 0 aliphatic heterocycles. The minimum atomic E-state index is 0.130. The van der Waals surface area contributed by atoms with Gasteiger partial charge in [0.05, 0.1) is 5.02 Å². The maximum atomic E-state index is 12.0. The molecule has 74 valence electrons. The molecule has 0 aromatic heterocycles. The number of Topliss-reactive ketones (excluding diaryl/α,β-unsaturated/α-hetero) is 1. The summed E-state index contributed by atoms with van der Waals surface area (Å²) in [6, 6.07) is 5.71. The summed E-state index contributed by atoms with van der Waals surface area (Å²) in [4.78, 5) is 12.0. The Morgan fingerprint density at radius 1 is 1.43 bits per heavy atom. The molecule has 1 aliphatic rings. The fourth-order valence-corrected chi connectivity index (χ4v) is 2.36. The summed E-state index contributed by atoms with van der Waals surface area (Å²) in [5.74, 6) is 0.747. The highest BCUT2D eigenvalue weighted by Gasteiger charge is 2.33. The second-order valence-electron chi connectivity index (χ2n) is 4.19. The molecule has 1 aromatic rings. The number of fused-ring (bicyclic) bond motifs is 1. The van der Waals surface area contributed by atoms with Crippen LogP contribution in [0.5, 0.6) is 0 Å². The largest absolute Gasteiger partial charge is 0.294 e. The Labute approximate surface area is 89.1 Å². The number of halogens is 1. The van der Waals surface area contributed by atoms with E-state index in [1.165, 1.54) is 0 Å². The van der Waals surface area contributed by atoms with Crippen LogP contribution in [0.2, 0.25) is 5.02 Å². The quantitative estimate of drug-likeness (QED) is 0.692. The Morgan fingerprint density at radius 3 is 2.71 bits per heavy atom. The van der Waals surface area contributed by atoms with Gasteiger partial charge in [-0.1, -0.05) is 37.6 Å². The van der Waals surface area contributed by atoms with E-state index in [9.17, 15) is 4.79 Å². The van der Waals surface area contributed by atoms with Crippen molar-refractivity contribution >= 4 is 17.4 Å². The van der Waals surface area contributed by atoms with Crippen LogP contribution in [0.15, 0.2) is 18.2 Å². The van der Waals surface area contributed by atoms with E-state index in [2.05, 4.69) is 13.8 Å². The maximum Gasteiger partial charge on any atom is 0.168 e. The topological polar surface area (TPSA) is 17.1 Å². The number of carbonyl (C=O) groups excluding carboxylic acids is 1. The van der Waals surface area contributed by atoms with Gasteiger partial charge in [-0.25, -0.2) is 0 Å². The second-order valence-corrected chi connectivity index (χ2v) is 4.60. The molecule has 1 unspecified atom stereocenters. The van der Waals surface area contributed by atoms with Crippen molar-refractivity contribution in [2.24, 2.45) is 11.8 Å². The van der Waals surface area contributed by atoms with E-state index in [4.69, 9.17) is 11.6 Å². The Kier molecular flexibility index (Phi) is 2.36. The summed E-state index contributed by atoms with van der Waals surface area (Å²) < 4.78 is 0. The summed E-state index contributed by atoms with van der Waals surface area (Å²) in [6.45, 7) is 4.17. The van der Waals surface area contributed by atoms with E-state index in [1.807, 2.05) is 12.1 Å². The molecule has 0 spiro atoms. The third-order valence-corrected chi connectivity index (χ3v) is 3.24. The Bertz CT molecular complexity index is 382. The van der Waals surface area contributed by atoms with Crippen molar-refractivity contribution < 1.29 is 4.79 Å². The number of benzene rings is 1. The Balaban J connectivity index is 2.46. The van der Waals surface area contributed by atoms with Crippen molar-refractivity contribution in [1.29, 1.82) is 0 Å². The molecule has 14 heavy (non-hydrogen) atoms. The van der Waals surface area contributed by atoms with Gasteiger partial charge in [0.1, 0.15) is 0 Å². The minimum Gasteiger partial charge on any atom is -0.294 e. The zero-order valence-corrected chi connectivity index (χ0v) is 9.14. The maximum absolute atomic E-state index is 12.0. The highest BCUT2D eigenvalue weighted by molar-refractivity contribution is 6.34. The van der Waals surface area contributed by atoms with Crippen LogP contribution in [0.25, 0.3) is 0 Å². The Morgan fingerprint density at radius 2 is 2.14 bits per heavy atom. The monoisotopic (exact) mass is 208 g/mol. The molecule has 1 nitrogen and oxygen atoms in total. The van der Waals surface area contributed by atoms with Crippen molar-refractivity contribution in [1.82, 2.24) is 0 Å². The van der Waals surface area contributed by atoms with Gasteiger partial charge in [-0.3, -0.25) is 4.79 Å². The third-order valence-electron chi connectivity index (χ3n) is 2.93. The van der Waals surface area contributed by atoms with Crippen LogP contribution >= 0.6 is 11.6 Å². The first-order valence-electron chi connectivity index (χ1n) is 4.93. The van der Waals surface area contributed by atoms with Gasteiger partial charge in [0.25, 0.3) is 0 Å². The second kappa shape index (κ2) is 3.39. The molecule has 0 bridgehead atoms. The lowest BCUT2D eigenvalue weighted by Crippen LogP contribution is -2.15. The van der Waals surface area contributed by atoms with Crippen LogP contribution in [0.1, 0.15) is 29.8 Å². The van der Waals surface area contributed by atoms with Gasteiger partial charge < -0.3 is 0 Å². The van der Waals surface area contributed by atoms with Gasteiger partial charge in [-0.15, -0.1) is 0 Å². The van der Waals surface area contributed by atoms with Crippen molar-refractivity contribution in [2.75, 3.05) is 0 Å². The van der Waals surface area contributed by atoms with Crippen molar-refractivity contribution in [2.45, 2.75) is 20.3 Å². The molecule has 1 aliphatic carbocycles. The van der Waals surface area contributed by atoms with Crippen LogP contribution in [0.4, 0.5) is 0 Å².